The molecule has 0 unspecified atom stereocenters. The highest BCUT2D eigenvalue weighted by atomic mass is 79.9. The molecule has 4 nitrogen and oxygen atoms in total. The summed E-state index contributed by atoms with van der Waals surface area (Å²) in [6, 6.07) is 3.84. The lowest BCUT2D eigenvalue weighted by atomic mass is 9.89. The van der Waals surface area contributed by atoms with Crippen molar-refractivity contribution in [2.75, 3.05) is 5.32 Å². The zero-order valence-corrected chi connectivity index (χ0v) is 11.5. The van der Waals surface area contributed by atoms with E-state index in [9.17, 15) is 14.0 Å². The first kappa shape index (κ1) is 14.6. The normalized spacial score (nSPS) is 11.1. The second kappa shape index (κ2) is 5.48. The van der Waals surface area contributed by atoms with Gasteiger partial charge < -0.3 is 10.4 Å². The first-order valence-corrected chi connectivity index (χ1v) is 6.00. The zero-order valence-electron chi connectivity index (χ0n) is 9.96. The van der Waals surface area contributed by atoms with Gasteiger partial charge in [0.1, 0.15) is 5.82 Å². The molecular weight excluding hydrogens is 305 g/mol. The van der Waals surface area contributed by atoms with Crippen molar-refractivity contribution >= 4 is 33.5 Å². The molecule has 1 aromatic carbocycles. The van der Waals surface area contributed by atoms with Crippen LogP contribution < -0.4 is 5.32 Å². The van der Waals surface area contributed by atoms with Gasteiger partial charge in [0.25, 0.3) is 0 Å². The van der Waals surface area contributed by atoms with Gasteiger partial charge in [0, 0.05) is 10.9 Å². The molecule has 0 aliphatic heterocycles. The summed E-state index contributed by atoms with van der Waals surface area (Å²) < 4.78 is 13.2. The molecule has 6 heteroatoms. The minimum absolute atomic E-state index is 0.161. The maximum absolute atomic E-state index is 12.8. The van der Waals surface area contributed by atoms with E-state index in [2.05, 4.69) is 21.2 Å². The summed E-state index contributed by atoms with van der Waals surface area (Å²) in [4.78, 5) is 22.6. The Bertz CT molecular complexity index is 488. The van der Waals surface area contributed by atoms with Crippen LogP contribution in [0.25, 0.3) is 0 Å². The topological polar surface area (TPSA) is 66.4 Å². The van der Waals surface area contributed by atoms with Gasteiger partial charge >= 0.3 is 5.97 Å². The van der Waals surface area contributed by atoms with Crippen molar-refractivity contribution in [2.45, 2.75) is 20.3 Å². The summed E-state index contributed by atoms with van der Waals surface area (Å²) in [7, 11) is 0. The standard InChI is InChI=1S/C12H13BrFNO3/c1-12(2,11(17)18)6-10(16)15-9-4-3-7(14)5-8(9)13/h3-5H,6H2,1-2H3,(H,15,16)(H,17,18). The van der Waals surface area contributed by atoms with Crippen molar-refractivity contribution < 1.29 is 19.1 Å². The van der Waals surface area contributed by atoms with E-state index < -0.39 is 23.1 Å². The Morgan fingerprint density at radius 2 is 2.06 bits per heavy atom. The average molecular weight is 318 g/mol. The summed E-state index contributed by atoms with van der Waals surface area (Å²) in [6.07, 6.45) is -0.161. The Balaban J connectivity index is 2.74. The smallest absolute Gasteiger partial charge is 0.309 e. The minimum Gasteiger partial charge on any atom is -0.481 e. The molecule has 0 spiro atoms. The molecular formula is C12H13BrFNO3. The van der Waals surface area contributed by atoms with E-state index in [4.69, 9.17) is 5.11 Å². The average Bonchev–Trinajstić information content (AvgIpc) is 2.21. The molecule has 0 aliphatic carbocycles. The summed E-state index contributed by atoms with van der Waals surface area (Å²) in [6.45, 7) is 2.93. The van der Waals surface area contributed by atoms with Gasteiger partial charge in [0.2, 0.25) is 5.91 Å². The lowest BCUT2D eigenvalue weighted by Gasteiger charge is -2.18. The quantitative estimate of drug-likeness (QED) is 0.897. The molecule has 0 radical (unpaired) electrons. The highest BCUT2D eigenvalue weighted by molar-refractivity contribution is 9.10. The highest BCUT2D eigenvalue weighted by Crippen LogP contribution is 2.25. The van der Waals surface area contributed by atoms with Crippen LogP contribution in [0.1, 0.15) is 20.3 Å². The van der Waals surface area contributed by atoms with Crippen LogP contribution in [-0.2, 0) is 9.59 Å². The number of carbonyl (C=O) groups excluding carboxylic acids is 1. The van der Waals surface area contributed by atoms with Crippen LogP contribution in [0.15, 0.2) is 22.7 Å². The van der Waals surface area contributed by atoms with E-state index in [1.54, 1.807) is 0 Å². The van der Waals surface area contributed by atoms with Gasteiger partial charge in [-0.15, -0.1) is 0 Å². The van der Waals surface area contributed by atoms with Gasteiger partial charge in [-0.25, -0.2) is 4.39 Å². The third-order valence-corrected chi connectivity index (χ3v) is 3.04. The monoisotopic (exact) mass is 317 g/mol. The molecule has 1 aromatic rings. The number of rotatable bonds is 4. The predicted octanol–water partition coefficient (Wildman–Crippen LogP) is 3.03. The Labute approximate surface area is 112 Å². The molecule has 0 heterocycles. The maximum Gasteiger partial charge on any atom is 0.309 e. The number of nitrogens with one attached hydrogen (secondary N) is 1. The second-order valence-electron chi connectivity index (χ2n) is 4.54. The van der Waals surface area contributed by atoms with Crippen LogP contribution in [0.2, 0.25) is 0 Å². The molecule has 0 saturated heterocycles. The number of carboxylic acid groups (broad SMARTS) is 1. The summed E-state index contributed by atoms with van der Waals surface area (Å²) in [5.74, 6) is -1.91. The van der Waals surface area contributed by atoms with Crippen molar-refractivity contribution in [3.05, 3.63) is 28.5 Å². The number of hydrogen-bond acceptors (Lipinski definition) is 2. The molecule has 0 atom stereocenters. The number of carbonyl (C=O) groups is 2. The predicted molar refractivity (Wildman–Crippen MR) is 68.8 cm³/mol. The van der Waals surface area contributed by atoms with E-state index in [1.807, 2.05) is 0 Å². The summed E-state index contributed by atoms with van der Waals surface area (Å²) >= 11 is 3.11. The number of hydrogen-bond donors (Lipinski definition) is 2. The van der Waals surface area contributed by atoms with Crippen LogP contribution in [0.5, 0.6) is 0 Å². The Morgan fingerprint density at radius 1 is 1.44 bits per heavy atom. The van der Waals surface area contributed by atoms with Gasteiger partial charge in [0.05, 0.1) is 11.1 Å². The van der Waals surface area contributed by atoms with Crippen molar-refractivity contribution in [1.29, 1.82) is 0 Å². The molecule has 2 N–H and O–H groups in total. The number of benzene rings is 1. The Hall–Kier alpha value is -1.43. The summed E-state index contributed by atoms with van der Waals surface area (Å²) in [5, 5.41) is 11.4. The highest BCUT2D eigenvalue weighted by Gasteiger charge is 2.30. The fraction of sp³-hybridized carbons (Fsp3) is 0.333. The SMILES string of the molecule is CC(C)(CC(=O)Nc1ccc(F)cc1Br)C(=O)O. The largest absolute Gasteiger partial charge is 0.481 e. The van der Waals surface area contributed by atoms with E-state index in [0.717, 1.165) is 0 Å². The van der Waals surface area contributed by atoms with E-state index in [-0.39, 0.29) is 6.42 Å². The van der Waals surface area contributed by atoms with E-state index in [1.165, 1.54) is 32.0 Å². The van der Waals surface area contributed by atoms with Crippen LogP contribution >= 0.6 is 15.9 Å². The van der Waals surface area contributed by atoms with E-state index >= 15 is 0 Å². The minimum atomic E-state index is -1.14. The van der Waals surface area contributed by atoms with E-state index in [0.29, 0.717) is 10.2 Å². The lowest BCUT2D eigenvalue weighted by Crippen LogP contribution is -2.29. The molecule has 0 saturated carbocycles. The first-order chi connectivity index (χ1) is 8.22. The van der Waals surface area contributed by atoms with Crippen molar-refractivity contribution in [3.63, 3.8) is 0 Å². The van der Waals surface area contributed by atoms with Crippen molar-refractivity contribution in [3.8, 4) is 0 Å². The van der Waals surface area contributed by atoms with Crippen molar-refractivity contribution in [2.24, 2.45) is 5.41 Å². The molecule has 98 valence electrons. The Morgan fingerprint density at radius 3 is 2.56 bits per heavy atom. The fourth-order valence-electron chi connectivity index (χ4n) is 1.26. The number of aliphatic carboxylic acids is 1. The lowest BCUT2D eigenvalue weighted by molar-refractivity contribution is -0.148. The molecule has 0 bridgehead atoms. The number of halogens is 2. The van der Waals surface area contributed by atoms with Gasteiger partial charge in [-0.3, -0.25) is 9.59 Å². The van der Waals surface area contributed by atoms with Crippen LogP contribution in [0, 0.1) is 11.2 Å². The fourth-order valence-corrected chi connectivity index (χ4v) is 1.71. The van der Waals surface area contributed by atoms with Crippen LogP contribution in [0.3, 0.4) is 0 Å². The van der Waals surface area contributed by atoms with Gasteiger partial charge in [-0.05, 0) is 48.0 Å². The third kappa shape index (κ3) is 3.80. The summed E-state index contributed by atoms with van der Waals surface area (Å²) in [5.41, 5.74) is -0.737. The molecule has 1 rings (SSSR count). The molecule has 0 fully saturated rings. The second-order valence-corrected chi connectivity index (χ2v) is 5.39. The van der Waals surface area contributed by atoms with Gasteiger partial charge in [-0.2, -0.15) is 0 Å². The Kier molecular flexibility index (Phi) is 4.45. The number of anilines is 1. The number of amides is 1. The third-order valence-electron chi connectivity index (χ3n) is 2.39. The molecule has 0 aromatic heterocycles. The molecule has 0 aliphatic rings. The zero-order chi connectivity index (χ0) is 13.9. The first-order valence-electron chi connectivity index (χ1n) is 5.20. The van der Waals surface area contributed by atoms with Crippen LogP contribution in [-0.4, -0.2) is 17.0 Å². The molecule has 18 heavy (non-hydrogen) atoms. The number of carboxylic acids is 1. The van der Waals surface area contributed by atoms with Gasteiger partial charge in [-0.1, -0.05) is 0 Å². The van der Waals surface area contributed by atoms with Gasteiger partial charge in [0.15, 0.2) is 0 Å². The van der Waals surface area contributed by atoms with Crippen molar-refractivity contribution in [1.82, 2.24) is 0 Å². The molecule has 1 amide bonds. The maximum atomic E-state index is 12.8. The van der Waals surface area contributed by atoms with Crippen LogP contribution in [0.4, 0.5) is 10.1 Å².